The van der Waals surface area contributed by atoms with E-state index in [0.29, 0.717) is 11.9 Å². The Balaban J connectivity index is 1.26. The Kier molecular flexibility index (Phi) is 5.91. The zero-order chi connectivity index (χ0) is 29.7. The molecule has 45 heavy (non-hydrogen) atoms. The van der Waals surface area contributed by atoms with E-state index in [2.05, 4.69) is 155 Å². The Bertz CT molecular complexity index is 2410. The molecule has 214 valence electrons. The minimum Gasteiger partial charge on any atom is -0.422 e. The van der Waals surface area contributed by atoms with Crippen molar-refractivity contribution in [2.45, 2.75) is 12.3 Å². The topological polar surface area (TPSA) is 34.2 Å². The summed E-state index contributed by atoms with van der Waals surface area (Å²) in [5.74, 6) is 0.381. The van der Waals surface area contributed by atoms with Crippen molar-refractivity contribution >= 4 is 61.1 Å². The molecule has 6 aromatic carbocycles. The molecule has 0 amide bonds. The largest absolute Gasteiger partial charge is 0.422 e. The molecular formula is C41H29N3O. The van der Waals surface area contributed by atoms with E-state index >= 15 is 0 Å². The van der Waals surface area contributed by atoms with Crippen LogP contribution in [0.5, 0.6) is 0 Å². The second-order valence-corrected chi connectivity index (χ2v) is 11.6. The fourth-order valence-electron chi connectivity index (χ4n) is 6.76. The standard InChI is InChI=1S/C41H29N3O/c1-3-11-28(12-4-1)29-19-22-32(23-20-29)43(41-42-37-26-21-30-13-7-8-16-34(30)40(37)45-41)33-24-25-36-35-17-9-10-18-38(35)44(39(36)27-33)31-14-5-2-6-15-31/h1-11,13-28H,12H2. The minimum absolute atomic E-state index is 0.381. The third kappa shape index (κ3) is 4.26. The van der Waals surface area contributed by atoms with E-state index in [4.69, 9.17) is 9.40 Å². The maximum Gasteiger partial charge on any atom is 0.307 e. The van der Waals surface area contributed by atoms with Crippen LogP contribution >= 0.6 is 0 Å². The third-order valence-electron chi connectivity index (χ3n) is 8.95. The highest BCUT2D eigenvalue weighted by Gasteiger charge is 2.22. The summed E-state index contributed by atoms with van der Waals surface area (Å²) in [7, 11) is 0. The second kappa shape index (κ2) is 10.4. The van der Waals surface area contributed by atoms with Gasteiger partial charge in [-0.1, -0.05) is 109 Å². The van der Waals surface area contributed by atoms with E-state index in [-0.39, 0.29) is 0 Å². The number of aromatic nitrogens is 2. The van der Waals surface area contributed by atoms with E-state index in [0.717, 1.165) is 50.9 Å². The van der Waals surface area contributed by atoms with E-state index in [1.807, 2.05) is 12.1 Å². The van der Waals surface area contributed by atoms with Gasteiger partial charge in [-0.25, -0.2) is 0 Å². The molecule has 9 rings (SSSR count). The van der Waals surface area contributed by atoms with Crippen LogP contribution in [0.25, 0.3) is 49.4 Å². The molecule has 0 fully saturated rings. The molecule has 1 unspecified atom stereocenters. The zero-order valence-corrected chi connectivity index (χ0v) is 24.5. The maximum atomic E-state index is 6.67. The molecule has 0 N–H and O–H groups in total. The third-order valence-corrected chi connectivity index (χ3v) is 8.95. The number of hydrogen-bond acceptors (Lipinski definition) is 3. The van der Waals surface area contributed by atoms with Crippen LogP contribution in [0.15, 0.2) is 162 Å². The van der Waals surface area contributed by atoms with Gasteiger partial charge in [0, 0.05) is 27.8 Å². The molecule has 0 spiro atoms. The zero-order valence-electron chi connectivity index (χ0n) is 24.5. The van der Waals surface area contributed by atoms with Gasteiger partial charge in [-0.2, -0.15) is 4.98 Å². The van der Waals surface area contributed by atoms with Gasteiger partial charge in [-0.05, 0) is 65.9 Å². The second-order valence-electron chi connectivity index (χ2n) is 11.6. The average Bonchev–Trinajstić information content (AvgIpc) is 3.69. The number of hydrogen-bond donors (Lipinski definition) is 0. The quantitative estimate of drug-likeness (QED) is 0.203. The summed E-state index contributed by atoms with van der Waals surface area (Å²) in [4.78, 5) is 7.20. The molecule has 0 saturated carbocycles. The van der Waals surface area contributed by atoms with E-state index < -0.39 is 0 Å². The number of benzene rings is 6. The Hall–Kier alpha value is -5.87. The van der Waals surface area contributed by atoms with Gasteiger partial charge in [0.1, 0.15) is 5.52 Å². The van der Waals surface area contributed by atoms with Crippen LogP contribution in [0.1, 0.15) is 17.9 Å². The van der Waals surface area contributed by atoms with Crippen LogP contribution in [0.3, 0.4) is 0 Å². The molecule has 1 aliphatic carbocycles. The molecule has 0 aliphatic heterocycles. The fraction of sp³-hybridized carbons (Fsp3) is 0.0488. The first-order chi connectivity index (χ1) is 22.3. The number of nitrogens with zero attached hydrogens (tertiary/aromatic N) is 3. The lowest BCUT2D eigenvalue weighted by Crippen LogP contribution is -2.11. The molecule has 8 aromatic rings. The molecule has 1 aliphatic rings. The van der Waals surface area contributed by atoms with E-state index in [9.17, 15) is 0 Å². The lowest BCUT2D eigenvalue weighted by Gasteiger charge is -2.22. The first-order valence-corrected chi connectivity index (χ1v) is 15.4. The predicted octanol–water partition coefficient (Wildman–Crippen LogP) is 11.1. The summed E-state index contributed by atoms with van der Waals surface area (Å²) in [6.45, 7) is 0. The average molecular weight is 580 g/mol. The first-order valence-electron chi connectivity index (χ1n) is 15.4. The summed E-state index contributed by atoms with van der Waals surface area (Å²) in [6, 6.07) is 47.7. The Morgan fingerprint density at radius 3 is 2.24 bits per heavy atom. The van der Waals surface area contributed by atoms with Crippen molar-refractivity contribution in [3.05, 3.63) is 163 Å². The van der Waals surface area contributed by atoms with E-state index in [1.165, 1.54) is 21.9 Å². The minimum atomic E-state index is 0.381. The van der Waals surface area contributed by atoms with Crippen molar-refractivity contribution in [3.8, 4) is 5.69 Å². The van der Waals surface area contributed by atoms with Gasteiger partial charge in [-0.15, -0.1) is 0 Å². The van der Waals surface area contributed by atoms with Gasteiger partial charge >= 0.3 is 6.01 Å². The van der Waals surface area contributed by atoms with Crippen LogP contribution in [-0.2, 0) is 0 Å². The van der Waals surface area contributed by atoms with Crippen LogP contribution in [0.4, 0.5) is 17.4 Å². The molecule has 4 nitrogen and oxygen atoms in total. The SMILES string of the molecule is C1=CCC(c2ccc(N(c3ccc4c5ccccc5n(-c5ccccc5)c4c3)c3nc4ccc5ccccc5c4o3)cc2)C=C1. The highest BCUT2D eigenvalue weighted by Crippen LogP contribution is 2.41. The van der Waals surface area contributed by atoms with Crippen molar-refractivity contribution in [1.29, 1.82) is 0 Å². The van der Waals surface area contributed by atoms with Crippen molar-refractivity contribution < 1.29 is 4.42 Å². The summed E-state index contributed by atoms with van der Waals surface area (Å²) in [6.07, 6.45) is 9.77. The lowest BCUT2D eigenvalue weighted by atomic mass is 9.92. The van der Waals surface area contributed by atoms with Crippen LogP contribution in [0, 0.1) is 0 Å². The molecule has 0 radical (unpaired) electrons. The Morgan fingerprint density at radius 1 is 0.644 bits per heavy atom. The smallest absolute Gasteiger partial charge is 0.307 e. The molecule has 4 heteroatoms. The number of rotatable bonds is 5. The maximum absolute atomic E-state index is 6.67. The van der Waals surface area contributed by atoms with Gasteiger partial charge in [0.15, 0.2) is 5.58 Å². The lowest BCUT2D eigenvalue weighted by molar-refractivity contribution is 0.611. The molecule has 0 bridgehead atoms. The number of anilines is 3. The number of allylic oxidation sites excluding steroid dienone is 4. The molecule has 0 saturated heterocycles. The number of fused-ring (bicyclic) bond motifs is 6. The van der Waals surface area contributed by atoms with Gasteiger partial charge in [0.05, 0.1) is 22.4 Å². The summed E-state index contributed by atoms with van der Waals surface area (Å²) in [5.41, 5.74) is 8.32. The summed E-state index contributed by atoms with van der Waals surface area (Å²) in [5, 5.41) is 4.61. The normalized spacial score (nSPS) is 14.6. The van der Waals surface area contributed by atoms with Gasteiger partial charge in [-0.3, -0.25) is 4.90 Å². The summed E-state index contributed by atoms with van der Waals surface area (Å²) >= 11 is 0. The number of oxazole rings is 1. The molecule has 2 heterocycles. The van der Waals surface area contributed by atoms with Gasteiger partial charge in [0.2, 0.25) is 0 Å². The highest BCUT2D eigenvalue weighted by atomic mass is 16.4. The van der Waals surface area contributed by atoms with E-state index in [1.54, 1.807) is 0 Å². The van der Waals surface area contributed by atoms with Crippen LogP contribution in [0.2, 0.25) is 0 Å². The Labute approximate surface area is 260 Å². The van der Waals surface area contributed by atoms with Crippen molar-refractivity contribution in [2.75, 3.05) is 4.90 Å². The van der Waals surface area contributed by atoms with Crippen LogP contribution < -0.4 is 4.90 Å². The summed E-state index contributed by atoms with van der Waals surface area (Å²) < 4.78 is 9.02. The highest BCUT2D eigenvalue weighted by molar-refractivity contribution is 6.10. The van der Waals surface area contributed by atoms with Gasteiger partial charge < -0.3 is 8.98 Å². The predicted molar refractivity (Wildman–Crippen MR) is 186 cm³/mol. The molecule has 2 aromatic heterocycles. The monoisotopic (exact) mass is 579 g/mol. The molecule has 1 atom stereocenters. The van der Waals surface area contributed by atoms with Crippen LogP contribution in [-0.4, -0.2) is 9.55 Å². The van der Waals surface area contributed by atoms with Gasteiger partial charge in [0.25, 0.3) is 0 Å². The van der Waals surface area contributed by atoms with Crippen molar-refractivity contribution in [2.24, 2.45) is 0 Å². The first kappa shape index (κ1) is 25.6. The van der Waals surface area contributed by atoms with Crippen molar-refractivity contribution in [3.63, 3.8) is 0 Å². The molecular weight excluding hydrogens is 550 g/mol. The van der Waals surface area contributed by atoms with Crippen molar-refractivity contribution in [1.82, 2.24) is 9.55 Å². The Morgan fingerprint density at radius 2 is 1.40 bits per heavy atom. The number of para-hydroxylation sites is 2. The fourth-order valence-corrected chi connectivity index (χ4v) is 6.76.